The van der Waals surface area contributed by atoms with E-state index in [9.17, 15) is 19.4 Å². The zero-order valence-electron chi connectivity index (χ0n) is 13.2. The molecule has 16 heteroatoms. The molecule has 0 aromatic carbocycles. The smallest absolute Gasteiger partial charge is 0.756 e. The third-order valence-electron chi connectivity index (χ3n) is 3.74. The van der Waals surface area contributed by atoms with Gasteiger partial charge in [-0.3, -0.25) is 18.9 Å². The number of aliphatic hydroxyl groups is 1. The molecule has 4 rings (SSSR count). The molecule has 0 saturated carbocycles. The number of halogens is 1. The third-order valence-corrected chi connectivity index (χ3v) is 5.26. The monoisotopic (exact) mass is 463 g/mol. The molecule has 138 valence electrons. The third kappa shape index (κ3) is 3.52. The number of fused-ring (bicyclic) bond motifs is 2. The second kappa shape index (κ2) is 7.56. The topological polar surface area (TPSA) is 209 Å². The predicted molar refractivity (Wildman–Crippen MR) is 82.2 cm³/mol. The Morgan fingerprint density at radius 3 is 2.85 bits per heavy atom. The molecule has 26 heavy (non-hydrogen) atoms. The van der Waals surface area contributed by atoms with Gasteiger partial charge < -0.3 is 35.0 Å². The number of H-pyrrole nitrogens is 1. The fraction of sp³-hybridized carbons (Fsp3) is 0.500. The number of nitrogens with one attached hydrogen (secondary N) is 1. The van der Waals surface area contributed by atoms with E-state index in [4.69, 9.17) is 15.0 Å². The molecular formula is C10H12BrN5NaO8P. The molecule has 2 aromatic rings. The van der Waals surface area contributed by atoms with Crippen molar-refractivity contribution in [1.82, 2.24) is 19.5 Å². The maximum atomic E-state index is 11.9. The minimum Gasteiger partial charge on any atom is -0.756 e. The second-order valence-electron chi connectivity index (χ2n) is 5.24. The van der Waals surface area contributed by atoms with Gasteiger partial charge in [-0.05, 0) is 15.9 Å². The van der Waals surface area contributed by atoms with Gasteiger partial charge in [-0.2, -0.15) is 4.98 Å². The molecule has 13 nitrogen and oxygen atoms in total. The number of anilines is 1. The molecule has 2 aliphatic heterocycles. The number of aromatic amines is 1. The standard InChI is InChI=1S/C10H11BrN5O7P.Na.H2O/c11-9-13-3-6(14-10(12)15-7(3)18)16(9)8-4(17)5-2(22-8)1-21-24(19,20)23-5;;/h2,4-5,8,17H,1H2,(H,19,20)(H3,12,14,15,18);;1H2/q;+1;/p-1. The van der Waals surface area contributed by atoms with Crippen LogP contribution >= 0.6 is 23.8 Å². The van der Waals surface area contributed by atoms with Crippen molar-refractivity contribution in [3.8, 4) is 0 Å². The van der Waals surface area contributed by atoms with Crippen LogP contribution in [0.15, 0.2) is 9.53 Å². The first kappa shape index (κ1) is 21.9. The van der Waals surface area contributed by atoms with Crippen LogP contribution in [0.4, 0.5) is 5.95 Å². The molecular weight excluding hydrogens is 452 g/mol. The van der Waals surface area contributed by atoms with Crippen molar-refractivity contribution in [1.29, 1.82) is 0 Å². The normalized spacial score (nSPS) is 33.3. The van der Waals surface area contributed by atoms with Crippen molar-refractivity contribution in [2.75, 3.05) is 12.3 Å². The van der Waals surface area contributed by atoms with Gasteiger partial charge in [-0.1, -0.05) is 0 Å². The van der Waals surface area contributed by atoms with Gasteiger partial charge in [-0.25, -0.2) is 4.98 Å². The van der Waals surface area contributed by atoms with Crippen molar-refractivity contribution < 1.29 is 63.4 Å². The van der Waals surface area contributed by atoms with E-state index in [2.05, 4.69) is 35.4 Å². The molecule has 0 aliphatic carbocycles. The Bertz CT molecular complexity index is 938. The quantitative estimate of drug-likeness (QED) is 0.208. The Labute approximate surface area is 175 Å². The average molecular weight is 464 g/mol. The Morgan fingerprint density at radius 1 is 1.46 bits per heavy atom. The summed E-state index contributed by atoms with van der Waals surface area (Å²) in [5.41, 5.74) is 5.02. The number of phosphoric acid groups is 1. The van der Waals surface area contributed by atoms with E-state index in [1.165, 1.54) is 4.57 Å². The number of aromatic nitrogens is 4. The summed E-state index contributed by atoms with van der Waals surface area (Å²) < 4.78 is 27.8. The van der Waals surface area contributed by atoms with E-state index >= 15 is 0 Å². The van der Waals surface area contributed by atoms with Gasteiger partial charge in [0, 0.05) is 0 Å². The number of ether oxygens (including phenoxy) is 1. The van der Waals surface area contributed by atoms with Crippen LogP contribution in [0.1, 0.15) is 6.23 Å². The minimum absolute atomic E-state index is 0. The number of rotatable bonds is 1. The van der Waals surface area contributed by atoms with Crippen LogP contribution in [0.3, 0.4) is 0 Å². The Kier molecular flexibility index (Phi) is 6.37. The van der Waals surface area contributed by atoms with Crippen LogP contribution in [-0.2, 0) is 18.3 Å². The molecule has 2 fully saturated rings. The largest absolute Gasteiger partial charge is 1.00 e. The Morgan fingerprint density at radius 2 is 2.15 bits per heavy atom. The second-order valence-corrected chi connectivity index (χ2v) is 7.32. The number of nitrogens with zero attached hydrogens (tertiary/aromatic N) is 3. The first-order valence-corrected chi connectivity index (χ1v) is 8.93. The molecule has 4 heterocycles. The summed E-state index contributed by atoms with van der Waals surface area (Å²) in [7, 11) is -4.49. The summed E-state index contributed by atoms with van der Waals surface area (Å²) >= 11 is 3.17. The molecule has 2 aromatic heterocycles. The van der Waals surface area contributed by atoms with E-state index in [1.807, 2.05) is 0 Å². The van der Waals surface area contributed by atoms with Crippen molar-refractivity contribution in [3.05, 3.63) is 15.1 Å². The van der Waals surface area contributed by atoms with E-state index in [-0.39, 0.29) is 63.5 Å². The van der Waals surface area contributed by atoms with Crippen molar-refractivity contribution in [3.63, 3.8) is 0 Å². The van der Waals surface area contributed by atoms with Gasteiger partial charge >= 0.3 is 29.6 Å². The molecule has 5 unspecified atom stereocenters. The van der Waals surface area contributed by atoms with Crippen LogP contribution in [0, 0.1) is 0 Å². The molecule has 2 saturated heterocycles. The number of nitrogen functional groups attached to an aromatic ring is 1. The number of hydrogen-bond acceptors (Lipinski definition) is 10. The molecule has 0 bridgehead atoms. The number of imidazole rings is 1. The fourth-order valence-electron chi connectivity index (χ4n) is 2.74. The zero-order valence-corrected chi connectivity index (χ0v) is 17.6. The zero-order chi connectivity index (χ0) is 17.2. The molecule has 0 radical (unpaired) electrons. The van der Waals surface area contributed by atoms with Gasteiger partial charge in [0.15, 0.2) is 22.1 Å². The number of phosphoric ester groups is 1. The first-order valence-electron chi connectivity index (χ1n) is 6.67. The average Bonchev–Trinajstić information content (AvgIpc) is 2.96. The van der Waals surface area contributed by atoms with E-state index in [0.29, 0.717) is 0 Å². The van der Waals surface area contributed by atoms with E-state index in [1.54, 1.807) is 0 Å². The summed E-state index contributed by atoms with van der Waals surface area (Å²) in [6, 6.07) is 0. The van der Waals surface area contributed by atoms with Crippen molar-refractivity contribution in [2.24, 2.45) is 0 Å². The maximum Gasteiger partial charge on any atom is 1.00 e. The number of aliphatic hydroxyl groups excluding tert-OH is 1. The van der Waals surface area contributed by atoms with Gasteiger partial charge in [0.1, 0.15) is 18.3 Å². The van der Waals surface area contributed by atoms with Crippen LogP contribution in [0.2, 0.25) is 0 Å². The first-order chi connectivity index (χ1) is 11.3. The summed E-state index contributed by atoms with van der Waals surface area (Å²) in [4.78, 5) is 33.6. The van der Waals surface area contributed by atoms with Crippen molar-refractivity contribution in [2.45, 2.75) is 24.5 Å². The SMILES string of the molecule is Nc1nc2c(nc(Br)n2C2OC3COP(=O)([O-])OC3C2O)c(=O)[nH]1.O.[Na+]. The van der Waals surface area contributed by atoms with Crippen LogP contribution in [0.5, 0.6) is 0 Å². The fourth-order valence-corrected chi connectivity index (χ4v) is 4.24. The van der Waals surface area contributed by atoms with Crippen LogP contribution < -0.4 is 45.7 Å². The van der Waals surface area contributed by atoms with Gasteiger partial charge in [0.05, 0.1) is 6.61 Å². The minimum atomic E-state index is -4.49. The van der Waals surface area contributed by atoms with Gasteiger partial charge in [0.2, 0.25) is 5.95 Å². The number of nitrogens with two attached hydrogens (primary N) is 1. The maximum absolute atomic E-state index is 11.9. The van der Waals surface area contributed by atoms with Crippen LogP contribution in [-0.4, -0.2) is 55.0 Å². The summed E-state index contributed by atoms with van der Waals surface area (Å²) in [6.45, 7) is -0.292. The summed E-state index contributed by atoms with van der Waals surface area (Å²) in [5.74, 6) is -0.144. The van der Waals surface area contributed by atoms with Gasteiger partial charge in [-0.15, -0.1) is 0 Å². The summed E-state index contributed by atoms with van der Waals surface area (Å²) in [6.07, 6.45) is -4.42. The summed E-state index contributed by atoms with van der Waals surface area (Å²) in [5, 5.41) is 10.4. The molecule has 6 N–H and O–H groups in total. The molecule has 0 amide bonds. The Hall–Kier alpha value is -0.380. The molecule has 2 aliphatic rings. The molecule has 5 atom stereocenters. The predicted octanol–water partition coefficient (Wildman–Crippen LogP) is -5.21. The molecule has 0 spiro atoms. The number of hydrogen-bond donors (Lipinski definition) is 3. The van der Waals surface area contributed by atoms with E-state index in [0.717, 1.165) is 0 Å². The van der Waals surface area contributed by atoms with Gasteiger partial charge in [0.25, 0.3) is 13.4 Å². The van der Waals surface area contributed by atoms with Crippen molar-refractivity contribution >= 4 is 40.9 Å². The Balaban J connectivity index is 0.00000121. The van der Waals surface area contributed by atoms with Crippen LogP contribution in [0.25, 0.3) is 11.2 Å². The van der Waals surface area contributed by atoms with E-state index < -0.39 is 37.9 Å².